The van der Waals surface area contributed by atoms with E-state index in [-0.39, 0.29) is 5.25 Å². The summed E-state index contributed by atoms with van der Waals surface area (Å²) in [5.41, 5.74) is 0. The molecule has 0 atom stereocenters. The summed E-state index contributed by atoms with van der Waals surface area (Å²) in [4.78, 5) is 37.1. The van der Waals surface area contributed by atoms with Gasteiger partial charge in [-0.25, -0.2) is 0 Å². The Morgan fingerprint density at radius 1 is 1.00 bits per heavy atom. The molecule has 0 heterocycles. The van der Waals surface area contributed by atoms with Gasteiger partial charge in [-0.3, -0.25) is 0 Å². The fourth-order valence-electron chi connectivity index (χ4n) is 1.43. The van der Waals surface area contributed by atoms with E-state index >= 15 is 0 Å². The molecule has 0 unspecified atom stereocenters. The second-order valence-electron chi connectivity index (χ2n) is 3.39. The first-order valence-corrected chi connectivity index (χ1v) is 11.0. The van der Waals surface area contributed by atoms with Crippen LogP contribution in [0.4, 0.5) is 0 Å². The summed E-state index contributed by atoms with van der Waals surface area (Å²) in [6, 6.07) is 0. The zero-order chi connectivity index (χ0) is 10.8. The van der Waals surface area contributed by atoms with Gasteiger partial charge in [0.1, 0.15) is 0 Å². The summed E-state index contributed by atoms with van der Waals surface area (Å²) in [5.74, 6) is 0. The molecule has 0 radical (unpaired) electrons. The molecule has 0 aromatic carbocycles. The van der Waals surface area contributed by atoms with Crippen LogP contribution in [-0.4, -0.2) is 24.8 Å². The highest BCUT2D eigenvalue weighted by Crippen LogP contribution is 2.73. The van der Waals surface area contributed by atoms with E-state index < -0.39 is 12.4 Å². The van der Waals surface area contributed by atoms with E-state index in [4.69, 9.17) is 9.79 Å². The summed E-state index contributed by atoms with van der Waals surface area (Å²) in [6.07, 6.45) is -2.54. The lowest BCUT2D eigenvalue weighted by molar-refractivity contribution is 0.452. The molecule has 0 aromatic rings. The van der Waals surface area contributed by atoms with Gasteiger partial charge in [-0.1, -0.05) is 6.42 Å². The van der Waals surface area contributed by atoms with Crippen molar-refractivity contribution in [3.63, 3.8) is 0 Å². The van der Waals surface area contributed by atoms with Crippen molar-refractivity contribution < 1.29 is 19.6 Å². The molecule has 0 spiro atoms. The van der Waals surface area contributed by atoms with Crippen LogP contribution in [0.5, 0.6) is 0 Å². The third kappa shape index (κ3) is 3.62. The summed E-state index contributed by atoms with van der Waals surface area (Å²) in [5, 5.41) is 0.119. The Bertz CT molecular complexity index is 288. The Balaban J connectivity index is 2.79. The Morgan fingerprint density at radius 3 is 1.93 bits per heavy atom. The van der Waals surface area contributed by atoms with Crippen LogP contribution in [0.3, 0.4) is 0 Å². The minimum Gasteiger partial charge on any atom is -0.336 e. The molecular weight excluding hydrogens is 262 g/mol. The normalized spacial score (nSPS) is 20.9. The topological polar surface area (TPSA) is 80.9 Å². The van der Waals surface area contributed by atoms with Gasteiger partial charge in [0.05, 0.1) is 0 Å². The highest BCUT2D eigenvalue weighted by molar-refractivity contribution is 8.61. The van der Waals surface area contributed by atoms with E-state index in [2.05, 4.69) is 11.8 Å². The predicted molar refractivity (Wildman–Crippen MR) is 64.3 cm³/mol. The van der Waals surface area contributed by atoms with Gasteiger partial charge < -0.3 is 19.6 Å². The Morgan fingerprint density at radius 2 is 1.50 bits per heavy atom. The van der Waals surface area contributed by atoms with Crippen molar-refractivity contribution in [1.82, 2.24) is 0 Å². The van der Waals surface area contributed by atoms with E-state index in [1.807, 2.05) is 0 Å². The summed E-state index contributed by atoms with van der Waals surface area (Å²) in [7, 11) is 0.897. The van der Waals surface area contributed by atoms with Gasteiger partial charge in [-0.05, 0) is 24.6 Å². The average Bonchev–Trinajstić information content (AvgIpc) is 2.03. The van der Waals surface area contributed by atoms with Crippen molar-refractivity contribution >= 4 is 35.1 Å². The van der Waals surface area contributed by atoms with Gasteiger partial charge in [-0.15, -0.1) is 0 Å². The lowest BCUT2D eigenvalue weighted by Crippen LogP contribution is -2.11. The van der Waals surface area contributed by atoms with Crippen molar-refractivity contribution in [3.8, 4) is 0 Å². The minimum atomic E-state index is -3.92. The fourth-order valence-corrected chi connectivity index (χ4v) is 8.04. The first-order chi connectivity index (χ1) is 6.33. The molecule has 84 valence electrons. The Kier molecular flexibility index (Phi) is 4.70. The van der Waals surface area contributed by atoms with Gasteiger partial charge in [-0.2, -0.15) is 0 Å². The number of hydrogen-bond acceptors (Lipinski definition) is 1. The molecule has 0 aromatic heterocycles. The molecule has 0 saturated heterocycles. The molecular formula is C6H15O4P2S2+. The molecule has 8 heteroatoms. The number of rotatable bonds is 2. The van der Waals surface area contributed by atoms with Crippen molar-refractivity contribution in [3.05, 3.63) is 0 Å². The monoisotopic (exact) mass is 277 g/mol. The summed E-state index contributed by atoms with van der Waals surface area (Å²) >= 11 is 4.34. The average molecular weight is 277 g/mol. The van der Waals surface area contributed by atoms with E-state index in [1.165, 1.54) is 6.42 Å². The molecule has 1 aliphatic rings. The summed E-state index contributed by atoms with van der Waals surface area (Å²) < 4.78 is 0. The van der Waals surface area contributed by atoms with E-state index in [0.717, 1.165) is 36.6 Å². The molecule has 1 saturated carbocycles. The van der Waals surface area contributed by atoms with Gasteiger partial charge in [0.25, 0.3) is 0 Å². The SMILES string of the molecule is OP(O)(=S)P(O)(O)=[S+]C1CCCCC1. The van der Waals surface area contributed by atoms with Crippen molar-refractivity contribution in [2.75, 3.05) is 0 Å². The standard InChI is InChI=1S/C6H14O4P2S2/c7-11(8,13)12(9,10)14-6-4-2-1-3-5-6/h6H,1-5H2,(H3-,7,8,9,10,13)/p+1. The third-order valence-corrected chi connectivity index (χ3v) is 13.6. The largest absolute Gasteiger partial charge is 0.450 e. The van der Waals surface area contributed by atoms with Crippen LogP contribution in [0.25, 0.3) is 0 Å². The van der Waals surface area contributed by atoms with Crippen LogP contribution in [0, 0.1) is 0 Å². The van der Waals surface area contributed by atoms with Crippen LogP contribution in [-0.2, 0) is 22.7 Å². The first-order valence-electron chi connectivity index (χ1n) is 4.42. The van der Waals surface area contributed by atoms with Crippen LogP contribution in [0.15, 0.2) is 0 Å². The van der Waals surface area contributed by atoms with Crippen LogP contribution in [0.1, 0.15) is 32.1 Å². The van der Waals surface area contributed by atoms with Gasteiger partial charge >= 0.3 is 12.4 Å². The second kappa shape index (κ2) is 4.98. The quantitative estimate of drug-likeness (QED) is 0.452. The molecule has 4 N–H and O–H groups in total. The molecule has 0 bridgehead atoms. The highest BCUT2D eigenvalue weighted by Gasteiger charge is 2.43. The maximum absolute atomic E-state index is 9.48. The van der Waals surface area contributed by atoms with Crippen LogP contribution >= 0.6 is 12.4 Å². The molecule has 0 amide bonds. The lowest BCUT2D eigenvalue weighted by Gasteiger charge is -2.12. The minimum absolute atomic E-state index is 0.119. The van der Waals surface area contributed by atoms with Crippen molar-refractivity contribution in [2.24, 2.45) is 0 Å². The van der Waals surface area contributed by atoms with Crippen molar-refractivity contribution in [1.29, 1.82) is 0 Å². The van der Waals surface area contributed by atoms with E-state index in [1.54, 1.807) is 0 Å². The van der Waals surface area contributed by atoms with Crippen LogP contribution < -0.4 is 0 Å². The second-order valence-corrected chi connectivity index (χ2v) is 15.0. The van der Waals surface area contributed by atoms with Gasteiger partial charge in [0.2, 0.25) is 10.9 Å². The lowest BCUT2D eigenvalue weighted by atomic mass is 10.0. The maximum atomic E-state index is 9.48. The van der Waals surface area contributed by atoms with E-state index in [9.17, 15) is 9.79 Å². The fraction of sp³-hybridized carbons (Fsp3) is 1.00. The maximum Gasteiger partial charge on any atom is 0.450 e. The molecule has 14 heavy (non-hydrogen) atoms. The Hall–Kier alpha value is 1.14. The molecule has 1 fully saturated rings. The molecule has 0 aliphatic heterocycles. The van der Waals surface area contributed by atoms with Gasteiger partial charge in [0.15, 0.2) is 5.25 Å². The Labute approximate surface area is 92.2 Å². The first kappa shape index (κ1) is 13.2. The molecule has 1 rings (SSSR count). The summed E-state index contributed by atoms with van der Waals surface area (Å²) in [6.45, 7) is 0. The zero-order valence-electron chi connectivity index (χ0n) is 7.61. The van der Waals surface area contributed by atoms with Gasteiger partial charge in [0, 0.05) is 12.8 Å². The third-order valence-electron chi connectivity index (χ3n) is 2.18. The van der Waals surface area contributed by atoms with Crippen LogP contribution in [0.2, 0.25) is 0 Å². The highest BCUT2D eigenvalue weighted by atomic mass is 32.8. The molecule has 4 nitrogen and oxygen atoms in total. The number of hydrogen-bond donors (Lipinski definition) is 4. The smallest absolute Gasteiger partial charge is 0.336 e. The predicted octanol–water partition coefficient (Wildman–Crippen LogP) is 1.36. The van der Waals surface area contributed by atoms with E-state index in [0.29, 0.717) is 0 Å². The molecule has 1 aliphatic carbocycles. The van der Waals surface area contributed by atoms with Crippen molar-refractivity contribution in [2.45, 2.75) is 37.4 Å². The zero-order valence-corrected chi connectivity index (χ0v) is 11.0.